The maximum absolute atomic E-state index is 12.6. The molecule has 0 heterocycles. The number of hydrogen-bond donors (Lipinski definition) is 4. The van der Waals surface area contributed by atoms with Crippen LogP contribution >= 0.6 is 0 Å². The molecule has 1 saturated carbocycles. The molecule has 1 aliphatic carbocycles. The maximum Gasteiger partial charge on any atom is 0.336 e. The zero-order chi connectivity index (χ0) is 26.6. The summed E-state index contributed by atoms with van der Waals surface area (Å²) < 4.78 is 0. The number of aromatic carboxylic acids is 2. The van der Waals surface area contributed by atoms with Crippen molar-refractivity contribution in [2.75, 3.05) is 0 Å². The van der Waals surface area contributed by atoms with Crippen LogP contribution < -0.4 is 10.6 Å². The summed E-state index contributed by atoms with van der Waals surface area (Å²) in [7, 11) is 0. The van der Waals surface area contributed by atoms with Crippen molar-refractivity contribution < 1.29 is 39.2 Å². The molecule has 3 rings (SSSR count). The Morgan fingerprint density at radius 3 is 1.28 bits per heavy atom. The first kappa shape index (κ1) is 25.7. The number of carbonyl (C=O) groups excluding carboxylic acids is 2. The minimum atomic E-state index is -1.48. The number of carboxylic acid groups (broad SMARTS) is 2. The molecule has 36 heavy (non-hydrogen) atoms. The number of hydrogen-bond acceptors (Lipinski definition) is 8. The smallest absolute Gasteiger partial charge is 0.336 e. The van der Waals surface area contributed by atoms with Crippen LogP contribution in [-0.4, -0.2) is 55.9 Å². The van der Waals surface area contributed by atoms with Gasteiger partial charge in [0.25, 0.3) is 23.2 Å². The van der Waals surface area contributed by atoms with Gasteiger partial charge in [0.15, 0.2) is 0 Å². The number of non-ortho nitro benzene ring substituents is 2. The monoisotopic (exact) mass is 500 g/mol. The van der Waals surface area contributed by atoms with E-state index in [0.717, 1.165) is 36.4 Å². The highest BCUT2D eigenvalue weighted by Gasteiger charge is 2.28. The molecule has 0 aromatic heterocycles. The minimum Gasteiger partial charge on any atom is -0.478 e. The fraction of sp³-hybridized carbons (Fsp3) is 0.273. The van der Waals surface area contributed by atoms with E-state index in [9.17, 15) is 49.6 Å². The van der Waals surface area contributed by atoms with Gasteiger partial charge in [-0.1, -0.05) is 0 Å². The zero-order valence-electron chi connectivity index (χ0n) is 18.5. The van der Waals surface area contributed by atoms with E-state index in [1.165, 1.54) is 0 Å². The van der Waals surface area contributed by atoms with Gasteiger partial charge in [-0.05, 0) is 37.8 Å². The van der Waals surface area contributed by atoms with E-state index >= 15 is 0 Å². The third-order valence-corrected chi connectivity index (χ3v) is 5.78. The van der Waals surface area contributed by atoms with Crippen LogP contribution in [0.15, 0.2) is 36.4 Å². The fourth-order valence-corrected chi connectivity index (χ4v) is 3.95. The number of nitro groups is 2. The molecule has 2 aromatic carbocycles. The van der Waals surface area contributed by atoms with Crippen LogP contribution in [0.4, 0.5) is 11.4 Å². The van der Waals surface area contributed by atoms with Crippen molar-refractivity contribution in [3.63, 3.8) is 0 Å². The lowest BCUT2D eigenvalue weighted by molar-refractivity contribution is -0.385. The summed E-state index contributed by atoms with van der Waals surface area (Å²) in [4.78, 5) is 68.4. The Labute approximate surface area is 202 Å². The molecule has 188 valence electrons. The van der Waals surface area contributed by atoms with E-state index in [1.807, 2.05) is 0 Å². The van der Waals surface area contributed by atoms with Crippen molar-refractivity contribution in [3.8, 4) is 0 Å². The van der Waals surface area contributed by atoms with Crippen LogP contribution in [0.25, 0.3) is 0 Å². The number of rotatable bonds is 8. The van der Waals surface area contributed by atoms with Crippen molar-refractivity contribution >= 4 is 35.1 Å². The highest BCUT2D eigenvalue weighted by atomic mass is 16.6. The Kier molecular flexibility index (Phi) is 7.57. The summed E-state index contributed by atoms with van der Waals surface area (Å²) in [6, 6.07) is 5.16. The average Bonchev–Trinajstić information content (AvgIpc) is 2.84. The molecule has 0 bridgehead atoms. The van der Waals surface area contributed by atoms with Crippen molar-refractivity contribution in [2.45, 2.75) is 37.8 Å². The lowest BCUT2D eigenvalue weighted by Gasteiger charge is -2.30. The van der Waals surface area contributed by atoms with Gasteiger partial charge in [0, 0.05) is 36.3 Å². The maximum atomic E-state index is 12.6. The lowest BCUT2D eigenvalue weighted by Crippen LogP contribution is -2.44. The molecule has 2 aromatic rings. The molecule has 1 aliphatic rings. The first-order valence-electron chi connectivity index (χ1n) is 10.6. The van der Waals surface area contributed by atoms with Crippen LogP contribution in [0.3, 0.4) is 0 Å². The summed E-state index contributed by atoms with van der Waals surface area (Å²) in [5, 5.41) is 45.8. The molecule has 0 radical (unpaired) electrons. The second-order valence-electron chi connectivity index (χ2n) is 8.08. The van der Waals surface area contributed by atoms with Crippen LogP contribution in [0.5, 0.6) is 0 Å². The number of nitrogens with zero attached hydrogens (tertiary/aromatic N) is 2. The molecule has 0 atom stereocenters. The van der Waals surface area contributed by atoms with E-state index < -0.39 is 56.1 Å². The van der Waals surface area contributed by atoms with E-state index in [4.69, 9.17) is 0 Å². The Hall–Kier alpha value is -4.88. The van der Waals surface area contributed by atoms with E-state index in [1.54, 1.807) is 0 Å². The normalized spacial score (nSPS) is 17.0. The standard InChI is InChI=1S/C22H20N4O10/c27-19(15-7-5-13(25(33)34)9-17(15)21(29)30)23-11-1-2-12(4-3-11)24-20(28)16-8-6-14(26(35)36)10-18(16)22(31)32/h5-12H,1-4H2,(H,23,27)(H,24,28)(H,29,30)(H,31,32). The number of amides is 2. The predicted molar refractivity (Wildman–Crippen MR) is 121 cm³/mol. The molecule has 0 aliphatic heterocycles. The summed E-state index contributed by atoms with van der Waals surface area (Å²) >= 11 is 0. The summed E-state index contributed by atoms with van der Waals surface area (Å²) in [5.41, 5.74) is -2.36. The SMILES string of the molecule is O=C(O)c1cc([N+](=O)[O-])ccc1C(=O)NC1CCC(NC(=O)c2ccc([N+](=O)[O-])cc2C(=O)O)CC1. The molecule has 4 N–H and O–H groups in total. The van der Waals surface area contributed by atoms with Crippen LogP contribution in [0.2, 0.25) is 0 Å². The van der Waals surface area contributed by atoms with E-state index in [-0.39, 0.29) is 23.2 Å². The molecule has 14 heteroatoms. The van der Waals surface area contributed by atoms with Crippen molar-refractivity contribution in [3.05, 3.63) is 78.9 Å². The Morgan fingerprint density at radius 2 is 1.00 bits per heavy atom. The topological polar surface area (TPSA) is 219 Å². The second kappa shape index (κ2) is 10.6. The Bertz CT molecular complexity index is 1170. The number of nitro benzene ring substituents is 2. The molecule has 0 unspecified atom stereocenters. The fourth-order valence-electron chi connectivity index (χ4n) is 3.95. The summed E-state index contributed by atoms with van der Waals surface area (Å²) in [6.07, 6.45) is 1.66. The van der Waals surface area contributed by atoms with Gasteiger partial charge in [-0.15, -0.1) is 0 Å². The number of carboxylic acids is 2. The molecule has 0 spiro atoms. The van der Waals surface area contributed by atoms with E-state index in [2.05, 4.69) is 10.6 Å². The molecule has 14 nitrogen and oxygen atoms in total. The summed E-state index contributed by atoms with van der Waals surface area (Å²) in [6.45, 7) is 0. The average molecular weight is 500 g/mol. The quantitative estimate of drug-likeness (QED) is 0.306. The number of nitrogens with one attached hydrogen (secondary N) is 2. The highest BCUT2D eigenvalue weighted by molar-refractivity contribution is 6.06. The first-order valence-corrected chi connectivity index (χ1v) is 10.6. The van der Waals surface area contributed by atoms with Gasteiger partial charge < -0.3 is 20.8 Å². The lowest BCUT2D eigenvalue weighted by atomic mass is 9.90. The molecule has 0 saturated heterocycles. The number of benzene rings is 2. The van der Waals surface area contributed by atoms with Gasteiger partial charge in [0.1, 0.15) is 0 Å². The van der Waals surface area contributed by atoms with Crippen LogP contribution in [-0.2, 0) is 0 Å². The van der Waals surface area contributed by atoms with Gasteiger partial charge in [-0.3, -0.25) is 29.8 Å². The van der Waals surface area contributed by atoms with Crippen molar-refractivity contribution in [2.24, 2.45) is 0 Å². The minimum absolute atomic E-state index is 0.220. The van der Waals surface area contributed by atoms with E-state index in [0.29, 0.717) is 25.7 Å². The largest absolute Gasteiger partial charge is 0.478 e. The second-order valence-corrected chi connectivity index (χ2v) is 8.08. The predicted octanol–water partition coefficient (Wildman–Crippen LogP) is 2.37. The summed E-state index contributed by atoms with van der Waals surface area (Å²) in [5.74, 6) is -4.37. The van der Waals surface area contributed by atoms with Crippen molar-refractivity contribution in [1.82, 2.24) is 10.6 Å². The molecular weight excluding hydrogens is 480 g/mol. The van der Waals surface area contributed by atoms with Crippen LogP contribution in [0, 0.1) is 20.2 Å². The van der Waals surface area contributed by atoms with Gasteiger partial charge in [0.05, 0.1) is 32.1 Å². The van der Waals surface area contributed by atoms with Gasteiger partial charge in [-0.25, -0.2) is 9.59 Å². The van der Waals surface area contributed by atoms with Gasteiger partial charge in [0.2, 0.25) is 0 Å². The van der Waals surface area contributed by atoms with Crippen molar-refractivity contribution in [1.29, 1.82) is 0 Å². The highest BCUT2D eigenvalue weighted by Crippen LogP contribution is 2.23. The third-order valence-electron chi connectivity index (χ3n) is 5.78. The molecular formula is C22H20N4O10. The van der Waals surface area contributed by atoms with Crippen LogP contribution in [0.1, 0.15) is 67.1 Å². The first-order chi connectivity index (χ1) is 17.0. The number of carbonyl (C=O) groups is 4. The molecule has 2 amide bonds. The third kappa shape index (κ3) is 5.78. The van der Waals surface area contributed by atoms with Gasteiger partial charge in [-0.2, -0.15) is 0 Å². The molecule has 1 fully saturated rings. The Morgan fingerprint density at radius 1 is 0.667 bits per heavy atom. The van der Waals surface area contributed by atoms with Gasteiger partial charge >= 0.3 is 11.9 Å². The zero-order valence-corrected chi connectivity index (χ0v) is 18.5. The Balaban J connectivity index is 1.62.